The molecule has 23 heavy (non-hydrogen) atoms. The Labute approximate surface area is 140 Å². The van der Waals surface area contributed by atoms with Gasteiger partial charge in [-0.3, -0.25) is 5.32 Å². The van der Waals surface area contributed by atoms with Gasteiger partial charge in [0.15, 0.2) is 11.0 Å². The van der Waals surface area contributed by atoms with Gasteiger partial charge in [0.2, 0.25) is 0 Å². The molecule has 118 valence electrons. The van der Waals surface area contributed by atoms with Gasteiger partial charge in [0, 0.05) is 19.0 Å². The Kier molecular flexibility index (Phi) is 2.92. The predicted octanol–water partition coefficient (Wildman–Crippen LogP) is 2.87. The molecule has 2 amide bonds. The molecule has 1 aliphatic carbocycles. The monoisotopic (exact) mass is 346 g/mol. The molecule has 3 aromatic rings. The summed E-state index contributed by atoms with van der Waals surface area (Å²) in [6, 6.07) is 1.85. The van der Waals surface area contributed by atoms with E-state index in [0.29, 0.717) is 24.1 Å². The molecule has 4 heterocycles. The second-order valence-corrected chi connectivity index (χ2v) is 8.04. The first-order chi connectivity index (χ1) is 11.3. The predicted molar refractivity (Wildman–Crippen MR) is 88.9 cm³/mol. The van der Waals surface area contributed by atoms with Crippen LogP contribution < -0.4 is 5.32 Å². The minimum absolute atomic E-state index is 0.117. The quantitative estimate of drug-likeness (QED) is 0.774. The van der Waals surface area contributed by atoms with Crippen LogP contribution in [0.4, 0.5) is 9.93 Å². The number of fused-ring (bicyclic) bond motifs is 2. The van der Waals surface area contributed by atoms with Crippen LogP contribution in [0.15, 0.2) is 11.4 Å². The van der Waals surface area contributed by atoms with Gasteiger partial charge in [-0.05, 0) is 24.3 Å². The molecule has 7 nitrogen and oxygen atoms in total. The number of carbonyl (C=O) groups is 1. The molecule has 2 aliphatic rings. The van der Waals surface area contributed by atoms with E-state index in [9.17, 15) is 4.79 Å². The van der Waals surface area contributed by atoms with E-state index in [1.54, 1.807) is 16.2 Å². The van der Waals surface area contributed by atoms with Crippen molar-refractivity contribution in [2.45, 2.75) is 31.8 Å². The Morgan fingerprint density at radius 1 is 1.30 bits per heavy atom. The third-order valence-electron chi connectivity index (χ3n) is 4.25. The summed E-state index contributed by atoms with van der Waals surface area (Å²) < 4.78 is 3.31. The first-order valence-electron chi connectivity index (χ1n) is 7.60. The molecule has 3 aromatic heterocycles. The molecular formula is C14H14N6OS2. The van der Waals surface area contributed by atoms with Crippen LogP contribution in [0.3, 0.4) is 0 Å². The number of amides is 2. The van der Waals surface area contributed by atoms with Crippen molar-refractivity contribution >= 4 is 43.4 Å². The summed E-state index contributed by atoms with van der Waals surface area (Å²) in [7, 11) is 0. The number of hydrogen-bond donors (Lipinski definition) is 1. The van der Waals surface area contributed by atoms with Crippen LogP contribution in [0.1, 0.15) is 30.4 Å². The van der Waals surface area contributed by atoms with Crippen LogP contribution >= 0.6 is 22.7 Å². The number of hydrogen-bond acceptors (Lipinski definition) is 6. The second-order valence-electron chi connectivity index (χ2n) is 5.86. The zero-order valence-corrected chi connectivity index (χ0v) is 13.9. The second kappa shape index (κ2) is 5.00. The zero-order valence-electron chi connectivity index (χ0n) is 12.2. The molecule has 1 aliphatic heterocycles. The van der Waals surface area contributed by atoms with Crippen LogP contribution in [-0.2, 0) is 13.1 Å². The molecular weight excluding hydrogens is 332 g/mol. The lowest BCUT2D eigenvalue weighted by molar-refractivity contribution is 0.195. The van der Waals surface area contributed by atoms with Crippen molar-refractivity contribution in [3.63, 3.8) is 0 Å². The topological polar surface area (TPSA) is 75.9 Å². The lowest BCUT2D eigenvalue weighted by Gasteiger charge is -2.27. The van der Waals surface area contributed by atoms with E-state index in [0.717, 1.165) is 27.7 Å². The smallest absolute Gasteiger partial charge is 0.315 e. The Morgan fingerprint density at radius 3 is 3.04 bits per heavy atom. The number of thiazole rings is 1. The van der Waals surface area contributed by atoms with Crippen molar-refractivity contribution in [3.05, 3.63) is 23.1 Å². The fraction of sp³-hybridized carbons (Fsp3) is 0.429. The average Bonchev–Trinajstić information content (AvgIpc) is 2.98. The summed E-state index contributed by atoms with van der Waals surface area (Å²) in [5.41, 5.74) is 0.947. The normalized spacial score (nSPS) is 17.5. The van der Waals surface area contributed by atoms with Gasteiger partial charge in [-0.1, -0.05) is 11.3 Å². The maximum Gasteiger partial charge on any atom is 0.324 e. The van der Waals surface area contributed by atoms with Crippen LogP contribution in [0.2, 0.25) is 0 Å². The van der Waals surface area contributed by atoms with Crippen molar-refractivity contribution in [2.24, 2.45) is 0 Å². The summed E-state index contributed by atoms with van der Waals surface area (Å²) in [6.45, 7) is 1.95. The summed E-state index contributed by atoms with van der Waals surface area (Å²) in [5.74, 6) is 2.56. The van der Waals surface area contributed by atoms with Gasteiger partial charge >= 0.3 is 6.03 Å². The van der Waals surface area contributed by atoms with Crippen LogP contribution in [0.25, 0.3) is 9.53 Å². The van der Waals surface area contributed by atoms with Crippen LogP contribution in [0.5, 0.6) is 0 Å². The van der Waals surface area contributed by atoms with E-state index < -0.39 is 0 Å². The Balaban J connectivity index is 1.31. The van der Waals surface area contributed by atoms with E-state index in [4.69, 9.17) is 0 Å². The molecule has 0 unspecified atom stereocenters. The average molecular weight is 346 g/mol. The highest BCUT2D eigenvalue weighted by Crippen LogP contribution is 2.39. The maximum atomic E-state index is 12.5. The number of anilines is 1. The third-order valence-corrected chi connectivity index (χ3v) is 6.26. The first kappa shape index (κ1) is 13.4. The fourth-order valence-electron chi connectivity index (χ4n) is 2.89. The van der Waals surface area contributed by atoms with Crippen molar-refractivity contribution in [2.75, 3.05) is 11.9 Å². The molecule has 1 saturated carbocycles. The lowest BCUT2D eigenvalue weighted by atomic mass is 10.3. The molecule has 0 saturated heterocycles. The highest BCUT2D eigenvalue weighted by molar-refractivity contribution is 7.39. The molecule has 5 rings (SSSR count). The van der Waals surface area contributed by atoms with Gasteiger partial charge in [0.05, 0.1) is 12.1 Å². The third kappa shape index (κ3) is 2.31. The van der Waals surface area contributed by atoms with Gasteiger partial charge in [0.25, 0.3) is 0 Å². The lowest BCUT2D eigenvalue weighted by Crippen LogP contribution is -2.41. The molecule has 1 fully saturated rings. The molecule has 0 spiro atoms. The van der Waals surface area contributed by atoms with Gasteiger partial charge in [0.1, 0.15) is 9.84 Å². The summed E-state index contributed by atoms with van der Waals surface area (Å²) in [5, 5.41) is 14.1. The van der Waals surface area contributed by atoms with Crippen molar-refractivity contribution < 1.29 is 4.79 Å². The molecule has 0 atom stereocenters. The highest BCUT2D eigenvalue weighted by Gasteiger charge is 2.33. The largest absolute Gasteiger partial charge is 0.324 e. The summed E-state index contributed by atoms with van der Waals surface area (Å²) >= 11 is 3.16. The molecule has 0 aromatic carbocycles. The van der Waals surface area contributed by atoms with E-state index in [1.807, 2.05) is 11.4 Å². The van der Waals surface area contributed by atoms with Crippen LogP contribution in [-0.4, -0.2) is 37.2 Å². The summed E-state index contributed by atoms with van der Waals surface area (Å²) in [4.78, 5) is 18.7. The summed E-state index contributed by atoms with van der Waals surface area (Å²) in [6.07, 6.45) is 2.42. The minimum Gasteiger partial charge on any atom is -0.315 e. The molecule has 9 heteroatoms. The number of carbonyl (C=O) groups excluding carboxylic acids is 1. The molecule has 1 N–H and O–H groups in total. The van der Waals surface area contributed by atoms with E-state index in [-0.39, 0.29) is 6.03 Å². The van der Waals surface area contributed by atoms with Crippen molar-refractivity contribution in [1.29, 1.82) is 0 Å². The SMILES string of the molecule is O=C(Nc1nc2ccsc2s1)N1CCn2c(nnc2C2CC2)C1. The van der Waals surface area contributed by atoms with Crippen molar-refractivity contribution in [1.82, 2.24) is 24.6 Å². The van der Waals surface area contributed by atoms with Crippen LogP contribution in [0, 0.1) is 0 Å². The Hall–Kier alpha value is -2.00. The molecule has 0 radical (unpaired) electrons. The maximum absolute atomic E-state index is 12.5. The van der Waals surface area contributed by atoms with E-state index >= 15 is 0 Å². The van der Waals surface area contributed by atoms with Gasteiger partial charge in [-0.2, -0.15) is 0 Å². The minimum atomic E-state index is -0.117. The van der Waals surface area contributed by atoms with Crippen molar-refractivity contribution in [3.8, 4) is 0 Å². The van der Waals surface area contributed by atoms with E-state index in [2.05, 4.69) is 25.1 Å². The number of nitrogens with one attached hydrogen (secondary N) is 1. The Morgan fingerprint density at radius 2 is 2.22 bits per heavy atom. The number of rotatable bonds is 2. The van der Waals surface area contributed by atoms with Gasteiger partial charge < -0.3 is 9.47 Å². The number of urea groups is 1. The Bertz CT molecular complexity index is 864. The zero-order chi connectivity index (χ0) is 15.4. The number of aromatic nitrogens is 4. The fourth-order valence-corrected chi connectivity index (χ4v) is 4.72. The van der Waals surface area contributed by atoms with Gasteiger partial charge in [-0.15, -0.1) is 21.5 Å². The van der Waals surface area contributed by atoms with E-state index in [1.165, 1.54) is 24.2 Å². The standard InChI is InChI=1S/C14H14N6OS2/c21-14(16-13-15-9-3-6-22-12(9)23-13)19-4-5-20-10(7-19)17-18-11(20)8-1-2-8/h3,6,8H,1-2,4-5,7H2,(H,15,16,21). The first-order valence-corrected chi connectivity index (χ1v) is 9.29. The number of nitrogens with zero attached hydrogens (tertiary/aromatic N) is 5. The number of thiophene rings is 1. The molecule has 0 bridgehead atoms. The van der Waals surface area contributed by atoms with Gasteiger partial charge in [-0.25, -0.2) is 9.78 Å². The highest BCUT2D eigenvalue weighted by atomic mass is 32.2.